The van der Waals surface area contributed by atoms with Gasteiger partial charge in [0.15, 0.2) is 0 Å². The maximum atomic E-state index is 15.5. The van der Waals surface area contributed by atoms with E-state index in [4.69, 9.17) is 22.9 Å². The largest absolute Gasteiger partial charge is 0.394 e. The average molecular weight is 1940 g/mol. The van der Waals surface area contributed by atoms with E-state index in [9.17, 15) is 82.4 Å². The zero-order valence-electron chi connectivity index (χ0n) is 76.8. The molecule has 1 aliphatic rings. The summed E-state index contributed by atoms with van der Waals surface area (Å²) in [5, 5.41) is 68.7. The van der Waals surface area contributed by atoms with Crippen LogP contribution in [0.5, 0.6) is 0 Å². The number of amides is 13. The van der Waals surface area contributed by atoms with Gasteiger partial charge in [-0.15, -0.1) is 0 Å². The highest BCUT2D eigenvalue weighted by molar-refractivity contribution is 7.80. The topological polar surface area (TPSA) is 663 Å². The first-order chi connectivity index (χ1) is 64.5. The maximum Gasteiger partial charge on any atom is 0.245 e. The molecule has 17 atom stereocenters. The number of nitrogens with one attached hydrogen (secondary N) is 17. The van der Waals surface area contributed by atoms with E-state index in [0.717, 1.165) is 19.8 Å². The van der Waals surface area contributed by atoms with Gasteiger partial charge in [-0.2, -0.15) is 37.9 Å². The minimum Gasteiger partial charge on any atom is -0.394 e. The van der Waals surface area contributed by atoms with E-state index in [1.165, 1.54) is 33.9 Å². The van der Waals surface area contributed by atoms with Crippen molar-refractivity contribution in [1.82, 2.24) is 90.3 Å². The molecule has 135 heavy (non-hydrogen) atoms. The summed E-state index contributed by atoms with van der Waals surface area (Å²) in [6.45, 7) is 4.71. The molecule has 0 bridgehead atoms. The normalized spacial score (nSPS) is 15.5. The number of fused-ring (bicyclic) bond motifs is 1. The Balaban J connectivity index is 0.00000783. The first-order valence-corrected chi connectivity index (χ1v) is 46.9. The number of aliphatic hydroxyl groups excluding tert-OH is 3. The Kier molecular flexibility index (Phi) is 51.7. The summed E-state index contributed by atoms with van der Waals surface area (Å²) >= 11 is 12.5. The molecule has 1 fully saturated rings. The molecule has 5 aromatic rings. The van der Waals surface area contributed by atoms with E-state index in [-0.39, 0.29) is 94.7 Å². The summed E-state index contributed by atoms with van der Waals surface area (Å²) in [5.41, 5.74) is 31.4. The number of aromatic amines is 1. The fourth-order valence-electron chi connectivity index (χ4n) is 13.8. The number of hydrogen-bond acceptors (Lipinski definition) is 30. The van der Waals surface area contributed by atoms with Crippen LogP contribution in [0.2, 0.25) is 0 Å². The standard InChI is InChI=1S/C87H127N21O20S3.C4H8/c1-48(76(117)95-43-69(112)73(114)66(45-129)92-4)96-79(120)59(33-19-22-36-90)107-108-68(47-131)85(126)98-57(31-17-20-34-88)77(118)102-64(41-70(91)113)83(124)100-60(37-51-23-9-6-10-24-51)80(121)99-61(38-52-25-11-7-12-26-52)81(122)101-63(40-54-42-94-56-30-16-15-29-55(54)56)82(123)97-58(32-18-21-35-89)78(119)105-71(49(2)110)86(127)103-62(39-53-27-13-8-14-28-53)84(125)106-72(50(3)111)87(128)104-65(44-109)74(115)75(116)67(46-130)93-5;1-4-2-3-4/h6-16,23-30,42,48-50,57-68,71-72,92-94,107-111,129-131H,17-22,31-41,43-47,88-90H2,1-5H3,(H2,91,113)(H,95,117)(H,96,120)(H,97,123)(H,98,126)(H,99,121)(H,100,124)(H,101,122)(H,102,118)(H,103,127)(H,104,128)(H,105,119)(H,106,125);4H,2-3H2,1H3/t48?,49-,50-,57?,58+,59+,60?,61+,62+,63?,64+,65+,66+,67+,68+,71+,72+;/m1./s1. The Bertz CT molecular complexity index is 4690. The lowest BCUT2D eigenvalue weighted by Crippen LogP contribution is -2.63. The van der Waals surface area contributed by atoms with Crippen LogP contribution in [0.15, 0.2) is 121 Å². The number of carbonyl (C=O) groups excluding carboxylic acids is 17. The monoisotopic (exact) mass is 1940 g/mol. The van der Waals surface area contributed by atoms with E-state index in [1.54, 1.807) is 121 Å². The van der Waals surface area contributed by atoms with Crippen molar-refractivity contribution in [3.05, 3.63) is 144 Å². The van der Waals surface area contributed by atoms with Crippen LogP contribution in [0, 0.1) is 5.92 Å². The molecule has 1 heterocycles. The van der Waals surface area contributed by atoms with Crippen LogP contribution in [0.25, 0.3) is 10.9 Å². The molecule has 1 aromatic heterocycles. The molecule has 4 unspecified atom stereocenters. The molecule has 0 saturated heterocycles. The van der Waals surface area contributed by atoms with Crippen molar-refractivity contribution in [2.24, 2.45) is 28.9 Å². The number of thiol groups is 3. The molecule has 13 amide bonds. The number of ketones is 4. The number of hydrazine groups is 1. The number of rotatable bonds is 63. The first-order valence-electron chi connectivity index (χ1n) is 45.0. The highest BCUT2D eigenvalue weighted by atomic mass is 32.1. The lowest BCUT2D eigenvalue weighted by Gasteiger charge is -2.29. The molecule has 41 nitrogen and oxygen atoms in total. The van der Waals surface area contributed by atoms with Gasteiger partial charge in [0, 0.05) is 60.0 Å². The van der Waals surface area contributed by atoms with Crippen molar-refractivity contribution < 1.29 is 96.8 Å². The quantitative estimate of drug-likeness (QED) is 0.00754. The molecule has 0 radical (unpaired) electrons. The van der Waals surface area contributed by atoms with Crippen molar-refractivity contribution in [2.75, 3.05) is 64.1 Å². The number of aliphatic hydroxyl groups is 3. The van der Waals surface area contributed by atoms with Crippen molar-refractivity contribution in [2.45, 2.75) is 233 Å². The number of benzene rings is 4. The second kappa shape index (κ2) is 61.1. The third-order valence-corrected chi connectivity index (χ3v) is 23.2. The van der Waals surface area contributed by atoms with Crippen molar-refractivity contribution in [3.63, 3.8) is 0 Å². The number of primary amides is 1. The van der Waals surface area contributed by atoms with Crippen molar-refractivity contribution >= 4 is 149 Å². The fraction of sp³-hybridized carbons (Fsp3) is 0.527. The predicted octanol–water partition coefficient (Wildman–Crippen LogP) is -4.59. The molecular formula is C91H135N21O20S3. The Morgan fingerprint density at radius 1 is 0.393 bits per heavy atom. The molecular weight excluding hydrogens is 1800 g/mol. The highest BCUT2D eigenvalue weighted by Crippen LogP contribution is 2.27. The number of carbonyl (C=O) groups is 17. The van der Waals surface area contributed by atoms with Gasteiger partial charge >= 0.3 is 0 Å². The number of Topliss-reactive ketones (excluding diaryl/α,β-unsaturated/α-hetero) is 4. The number of para-hydroxylation sites is 1. The molecule has 28 N–H and O–H groups in total. The van der Waals surface area contributed by atoms with E-state index < -0.39 is 222 Å². The number of nitrogens with two attached hydrogens (primary N) is 4. The number of H-pyrrole nitrogens is 1. The molecule has 0 aliphatic heterocycles. The van der Waals surface area contributed by atoms with Crippen LogP contribution in [-0.2, 0) is 107 Å². The van der Waals surface area contributed by atoms with Gasteiger partial charge in [0.05, 0.1) is 49.9 Å². The van der Waals surface area contributed by atoms with Crippen LogP contribution in [0.3, 0.4) is 0 Å². The van der Waals surface area contributed by atoms with Gasteiger partial charge in [-0.25, -0.2) is 10.9 Å². The zero-order valence-corrected chi connectivity index (χ0v) is 79.5. The van der Waals surface area contributed by atoms with Crippen LogP contribution in [0.4, 0.5) is 0 Å². The van der Waals surface area contributed by atoms with Crippen molar-refractivity contribution in [1.29, 1.82) is 0 Å². The van der Waals surface area contributed by atoms with E-state index in [1.807, 2.05) is 0 Å². The summed E-state index contributed by atoms with van der Waals surface area (Å²) in [6, 6.07) is 8.92. The first kappa shape index (κ1) is 114. The van der Waals surface area contributed by atoms with Crippen LogP contribution in [-0.4, -0.2) is 287 Å². The fourth-order valence-corrected chi connectivity index (χ4v) is 14.7. The van der Waals surface area contributed by atoms with E-state index >= 15 is 14.4 Å². The third-order valence-electron chi connectivity index (χ3n) is 22.1. The van der Waals surface area contributed by atoms with Gasteiger partial charge in [-0.05, 0) is 140 Å². The van der Waals surface area contributed by atoms with Gasteiger partial charge in [-0.1, -0.05) is 135 Å². The Morgan fingerprint density at radius 2 is 0.726 bits per heavy atom. The lowest BCUT2D eigenvalue weighted by molar-refractivity contribution is -0.141. The minimum absolute atomic E-state index is 0.0189. The van der Waals surface area contributed by atoms with Gasteiger partial charge in [0.2, 0.25) is 99.9 Å². The molecule has 1 saturated carbocycles. The minimum atomic E-state index is -1.92. The molecule has 44 heteroatoms. The number of aromatic nitrogens is 1. The van der Waals surface area contributed by atoms with Crippen LogP contribution >= 0.6 is 37.9 Å². The average Bonchev–Trinajstić information content (AvgIpc) is 1.68. The number of hydrogen-bond donors (Lipinski definition) is 27. The van der Waals surface area contributed by atoms with Gasteiger partial charge in [0.1, 0.15) is 72.5 Å². The van der Waals surface area contributed by atoms with E-state index in [0.29, 0.717) is 58.8 Å². The molecule has 4 aromatic carbocycles. The SMILES string of the molecule is CC1CC1.CN[C@@H](CS)C(=O)C(=O)CNC(=O)C(C)NC(=O)[C@H](CCCCN)NN[C@@H](CS)C(=O)NC(CCCCN)C(=O)N[C@@H](CC(N)=O)C(=O)NC(Cc1ccccc1)C(=O)N[C@@H](Cc1ccccc1)C(=O)NC(Cc1c[nH]c2ccccc12)C(=O)N[C@@H](CCCCN)C(=O)N[C@H](C(=O)N[C@@H](Cc1ccccc1)C(=O)N[C@H](C(=O)N[C@@H](CO)C(=O)C(=O)[C@H](CS)NC)[C@@H](C)O)[C@@H](C)O. The highest BCUT2D eigenvalue weighted by Gasteiger charge is 2.41. The summed E-state index contributed by atoms with van der Waals surface area (Å²) < 4.78 is 0. The molecule has 742 valence electrons. The van der Waals surface area contributed by atoms with Crippen molar-refractivity contribution in [3.8, 4) is 0 Å². The summed E-state index contributed by atoms with van der Waals surface area (Å²) in [5.74, 6) is -16.4. The number of likely N-dealkylation sites (N-methyl/N-ethyl adjacent to an activating group) is 2. The van der Waals surface area contributed by atoms with Crippen LogP contribution < -0.4 is 108 Å². The zero-order chi connectivity index (χ0) is 99.8. The van der Waals surface area contributed by atoms with Crippen LogP contribution in [0.1, 0.15) is 127 Å². The molecule has 0 spiro atoms. The Morgan fingerprint density at radius 3 is 1.13 bits per heavy atom. The summed E-state index contributed by atoms with van der Waals surface area (Å²) in [4.78, 5) is 242. The van der Waals surface area contributed by atoms with Gasteiger partial charge < -0.3 is 118 Å². The van der Waals surface area contributed by atoms with Gasteiger partial charge in [0.25, 0.3) is 0 Å². The maximum absolute atomic E-state index is 15.5. The van der Waals surface area contributed by atoms with E-state index in [2.05, 4.69) is 135 Å². The Hall–Kier alpha value is -11.1. The summed E-state index contributed by atoms with van der Waals surface area (Å²) in [7, 11) is 2.86. The van der Waals surface area contributed by atoms with Gasteiger partial charge in [-0.3, -0.25) is 81.5 Å². The molecule has 6 rings (SSSR count). The number of unbranched alkanes of at least 4 members (excludes halogenated alkanes) is 3. The smallest absolute Gasteiger partial charge is 0.245 e. The molecule has 1 aliphatic carbocycles. The predicted molar refractivity (Wildman–Crippen MR) is 515 cm³/mol. The second-order valence-electron chi connectivity index (χ2n) is 33.1. The third kappa shape index (κ3) is 39.6. The lowest BCUT2D eigenvalue weighted by atomic mass is 10.00. The Labute approximate surface area is 801 Å². The summed E-state index contributed by atoms with van der Waals surface area (Å²) in [6.07, 6.45) is 0.797. The second-order valence-corrected chi connectivity index (χ2v) is 34.1.